The summed E-state index contributed by atoms with van der Waals surface area (Å²) < 4.78 is 6.28. The molecule has 0 rings (SSSR count). The average Bonchev–Trinajstić information content (AvgIpc) is 2.10. The van der Waals surface area contributed by atoms with Crippen molar-refractivity contribution in [1.82, 2.24) is 0 Å². The molecule has 0 N–H and O–H groups in total. The molecule has 0 heterocycles. The number of hydrogen-bond donors (Lipinski definition) is 0. The number of ether oxygens (including phenoxy) is 2. The highest BCUT2D eigenvalue weighted by molar-refractivity contribution is 6.82. The lowest BCUT2D eigenvalue weighted by atomic mass is 10.4. The number of amides is 1. The van der Waals surface area contributed by atoms with Gasteiger partial charge < -0.3 is 9.47 Å². The van der Waals surface area contributed by atoms with Crippen LogP contribution in [0.1, 0.15) is 0 Å². The fourth-order valence-electron chi connectivity index (χ4n) is 0.458. The van der Waals surface area contributed by atoms with E-state index in [1.54, 1.807) is 0 Å². The number of hydrogen-bond acceptors (Lipinski definition) is 4. The summed E-state index contributed by atoms with van der Waals surface area (Å²) in [4.78, 5) is 24.8. The first-order valence-corrected chi connectivity index (χ1v) is 4.28. The zero-order valence-corrected chi connectivity index (χ0v) is 9.48. The summed E-state index contributed by atoms with van der Waals surface area (Å²) in [6.07, 6.45) is -1.06. The molecule has 0 aliphatic heterocycles. The van der Waals surface area contributed by atoms with Gasteiger partial charge in [0.2, 0.25) is 3.79 Å². The van der Waals surface area contributed by atoms with Gasteiger partial charge in [0, 0.05) is 0 Å². The molecule has 0 radical (unpaired) electrons. The van der Waals surface area contributed by atoms with Crippen LogP contribution < -0.4 is 0 Å². The summed E-state index contributed by atoms with van der Waals surface area (Å²) in [6.45, 7) is 0. The van der Waals surface area contributed by atoms with Crippen molar-refractivity contribution < 1.29 is 19.1 Å². The molecule has 0 spiro atoms. The zero-order valence-electron chi connectivity index (χ0n) is 7.21. The molecule has 0 unspecified atom stereocenters. The lowest BCUT2D eigenvalue weighted by molar-refractivity contribution is -0.132. The van der Waals surface area contributed by atoms with E-state index in [1.807, 2.05) is 0 Å². The Labute approximate surface area is 94.9 Å². The Hall–Kier alpha value is -0.520. The number of carbonyl (C=O) groups excluding carboxylic acids is 2. The number of alkyl halides is 3. The summed E-state index contributed by atoms with van der Waals surface area (Å²) >= 11 is 16.1. The first-order valence-electron chi connectivity index (χ1n) is 3.15. The van der Waals surface area contributed by atoms with Crippen LogP contribution in [0.15, 0.2) is 4.99 Å². The normalized spacial score (nSPS) is 12.2. The van der Waals surface area contributed by atoms with Crippen molar-refractivity contribution in [2.24, 2.45) is 4.99 Å². The summed E-state index contributed by atoms with van der Waals surface area (Å²) in [5.41, 5.74) is -0.656. The zero-order chi connectivity index (χ0) is 11.4. The van der Waals surface area contributed by atoms with Gasteiger partial charge in [-0.25, -0.2) is 9.59 Å². The van der Waals surface area contributed by atoms with E-state index < -0.39 is 21.6 Å². The van der Waals surface area contributed by atoms with Crippen molar-refractivity contribution in [3.8, 4) is 0 Å². The minimum atomic E-state index is -2.14. The van der Waals surface area contributed by atoms with Crippen LogP contribution in [-0.4, -0.2) is 35.8 Å². The minimum absolute atomic E-state index is 0.656. The van der Waals surface area contributed by atoms with Gasteiger partial charge in [0.05, 0.1) is 14.2 Å². The standard InChI is InChI=1S/C6H6Cl3NO4/c1-13-4(11)3(6(7,8)9)10-5(12)14-2/h1-2H3/b10-3-. The molecule has 8 heteroatoms. The fourth-order valence-corrected chi connectivity index (χ4v) is 0.817. The summed E-state index contributed by atoms with van der Waals surface area (Å²) in [7, 11) is 2.13. The van der Waals surface area contributed by atoms with Gasteiger partial charge in [-0.3, -0.25) is 0 Å². The van der Waals surface area contributed by atoms with Crippen LogP contribution in [0.2, 0.25) is 0 Å². The van der Waals surface area contributed by atoms with Gasteiger partial charge in [0.1, 0.15) is 0 Å². The first-order chi connectivity index (χ1) is 6.32. The van der Waals surface area contributed by atoms with Crippen molar-refractivity contribution in [2.45, 2.75) is 3.79 Å². The molecule has 5 nitrogen and oxygen atoms in total. The average molecular weight is 262 g/mol. The lowest BCUT2D eigenvalue weighted by Gasteiger charge is -2.11. The topological polar surface area (TPSA) is 65.0 Å². The molecule has 14 heavy (non-hydrogen) atoms. The van der Waals surface area contributed by atoms with E-state index in [0.29, 0.717) is 0 Å². The van der Waals surface area contributed by atoms with Gasteiger partial charge in [0.25, 0.3) is 0 Å². The molecular weight excluding hydrogens is 256 g/mol. The summed E-state index contributed by atoms with van der Waals surface area (Å²) in [5, 5.41) is 0. The summed E-state index contributed by atoms with van der Waals surface area (Å²) in [5.74, 6) is -1.02. The molecule has 0 saturated carbocycles. The van der Waals surface area contributed by atoms with E-state index in [1.165, 1.54) is 0 Å². The van der Waals surface area contributed by atoms with Crippen LogP contribution in [-0.2, 0) is 14.3 Å². The third-order valence-corrected chi connectivity index (χ3v) is 1.56. The van der Waals surface area contributed by atoms with Gasteiger partial charge in [-0.15, -0.1) is 0 Å². The number of aliphatic imine (C=N–C) groups is 1. The molecule has 0 aliphatic rings. The number of carbonyl (C=O) groups is 2. The van der Waals surface area contributed by atoms with Crippen molar-refractivity contribution >= 4 is 52.6 Å². The molecule has 0 aromatic rings. The SMILES string of the molecule is COC(=O)/N=C(/C(=O)OC)C(Cl)(Cl)Cl. The molecule has 0 aliphatic carbocycles. The third-order valence-electron chi connectivity index (χ3n) is 1.02. The van der Waals surface area contributed by atoms with Gasteiger partial charge in [-0.05, 0) is 0 Å². The molecule has 0 fully saturated rings. The number of rotatable bonds is 1. The van der Waals surface area contributed by atoms with Crippen LogP contribution in [0.3, 0.4) is 0 Å². The van der Waals surface area contributed by atoms with Gasteiger partial charge in [0.15, 0.2) is 5.71 Å². The van der Waals surface area contributed by atoms with E-state index in [4.69, 9.17) is 34.8 Å². The molecular formula is C6H6Cl3NO4. The Balaban J connectivity index is 5.02. The highest BCUT2D eigenvalue weighted by Crippen LogP contribution is 2.28. The summed E-state index contributed by atoms with van der Waals surface area (Å²) in [6, 6.07) is 0. The molecule has 0 aromatic heterocycles. The molecule has 1 amide bonds. The number of esters is 1. The van der Waals surface area contributed by atoms with Crippen LogP contribution in [0.4, 0.5) is 4.79 Å². The van der Waals surface area contributed by atoms with Crippen LogP contribution in [0.5, 0.6) is 0 Å². The van der Waals surface area contributed by atoms with Gasteiger partial charge >= 0.3 is 12.1 Å². The minimum Gasteiger partial charge on any atom is -0.464 e. The Kier molecular flexibility index (Phi) is 5.18. The van der Waals surface area contributed by atoms with Crippen molar-refractivity contribution in [1.29, 1.82) is 0 Å². The number of nitrogens with zero attached hydrogens (tertiary/aromatic N) is 1. The second-order valence-corrected chi connectivity index (χ2v) is 4.20. The van der Waals surface area contributed by atoms with Gasteiger partial charge in [-0.1, -0.05) is 34.8 Å². The van der Waals surface area contributed by atoms with Crippen LogP contribution in [0, 0.1) is 0 Å². The second-order valence-electron chi connectivity index (χ2n) is 1.92. The van der Waals surface area contributed by atoms with Crippen molar-refractivity contribution in [3.05, 3.63) is 0 Å². The Morgan fingerprint density at radius 3 is 1.93 bits per heavy atom. The second kappa shape index (κ2) is 5.38. The predicted molar refractivity (Wildman–Crippen MR) is 52.1 cm³/mol. The molecule has 0 bridgehead atoms. The van der Waals surface area contributed by atoms with Crippen LogP contribution >= 0.6 is 34.8 Å². The maximum absolute atomic E-state index is 11.0. The van der Waals surface area contributed by atoms with E-state index in [9.17, 15) is 9.59 Å². The monoisotopic (exact) mass is 261 g/mol. The smallest absolute Gasteiger partial charge is 0.433 e. The molecule has 0 aromatic carbocycles. The van der Waals surface area contributed by atoms with E-state index >= 15 is 0 Å². The highest BCUT2D eigenvalue weighted by atomic mass is 35.6. The first kappa shape index (κ1) is 13.5. The largest absolute Gasteiger partial charge is 0.464 e. The maximum Gasteiger partial charge on any atom is 0.433 e. The van der Waals surface area contributed by atoms with Gasteiger partial charge in [-0.2, -0.15) is 4.99 Å². The quantitative estimate of drug-likeness (QED) is 0.410. The maximum atomic E-state index is 11.0. The molecule has 0 saturated heterocycles. The predicted octanol–water partition coefficient (Wildman–Crippen LogP) is 1.74. The van der Waals surface area contributed by atoms with E-state index in [2.05, 4.69) is 14.5 Å². The highest BCUT2D eigenvalue weighted by Gasteiger charge is 2.35. The number of halogens is 3. The van der Waals surface area contributed by atoms with Crippen molar-refractivity contribution in [3.63, 3.8) is 0 Å². The van der Waals surface area contributed by atoms with E-state index in [-0.39, 0.29) is 0 Å². The van der Waals surface area contributed by atoms with Crippen molar-refractivity contribution in [2.75, 3.05) is 14.2 Å². The fraction of sp³-hybridized carbons (Fsp3) is 0.500. The van der Waals surface area contributed by atoms with E-state index in [0.717, 1.165) is 14.2 Å². The molecule has 0 atom stereocenters. The lowest BCUT2D eigenvalue weighted by Crippen LogP contribution is -2.30. The Morgan fingerprint density at radius 1 is 1.14 bits per heavy atom. The third kappa shape index (κ3) is 4.13. The molecule has 80 valence electrons. The van der Waals surface area contributed by atoms with Crippen LogP contribution in [0.25, 0.3) is 0 Å². The Bertz CT molecular complexity index is 271. The number of methoxy groups -OCH3 is 2. The Morgan fingerprint density at radius 2 is 1.64 bits per heavy atom.